The lowest BCUT2D eigenvalue weighted by Crippen LogP contribution is -2.24. The highest BCUT2D eigenvalue weighted by Crippen LogP contribution is 2.13. The molecule has 2 nitrogen and oxygen atoms in total. The predicted octanol–water partition coefficient (Wildman–Crippen LogP) is 3.33. The lowest BCUT2D eigenvalue weighted by Gasteiger charge is -2.19. The molecule has 0 unspecified atom stereocenters. The maximum atomic E-state index is 13.8. The summed E-state index contributed by atoms with van der Waals surface area (Å²) in [6.07, 6.45) is 1.85. The van der Waals surface area contributed by atoms with Gasteiger partial charge in [-0.15, -0.1) is 6.58 Å². The zero-order chi connectivity index (χ0) is 14.3. The summed E-state index contributed by atoms with van der Waals surface area (Å²) in [5.74, 6) is -0.129. The van der Waals surface area contributed by atoms with E-state index in [-0.39, 0.29) is 5.82 Å². The van der Waals surface area contributed by atoms with E-state index in [4.69, 9.17) is 0 Å². The molecule has 0 saturated carbocycles. The van der Waals surface area contributed by atoms with Crippen LogP contribution in [0.3, 0.4) is 0 Å². The Bertz CT molecular complexity index is 402. The average Bonchev–Trinajstić information content (AvgIpc) is 2.38. The fourth-order valence-corrected chi connectivity index (χ4v) is 1.91. The molecule has 0 aliphatic carbocycles. The molecule has 0 saturated heterocycles. The van der Waals surface area contributed by atoms with Crippen LogP contribution in [-0.2, 0) is 13.1 Å². The van der Waals surface area contributed by atoms with Gasteiger partial charge in [-0.3, -0.25) is 4.90 Å². The molecule has 19 heavy (non-hydrogen) atoms. The van der Waals surface area contributed by atoms with E-state index in [1.54, 1.807) is 6.07 Å². The van der Waals surface area contributed by atoms with Gasteiger partial charge in [0.1, 0.15) is 5.82 Å². The summed E-state index contributed by atoms with van der Waals surface area (Å²) in [5, 5.41) is 3.35. The number of likely N-dealkylation sites (N-methyl/N-ethyl adjacent to an activating group) is 1. The third-order valence-electron chi connectivity index (χ3n) is 3.05. The van der Waals surface area contributed by atoms with Gasteiger partial charge in [0.05, 0.1) is 0 Å². The maximum absolute atomic E-state index is 13.8. The molecule has 1 aromatic carbocycles. The lowest BCUT2D eigenvalue weighted by molar-refractivity contribution is 0.306. The van der Waals surface area contributed by atoms with Crippen molar-refractivity contribution in [3.05, 3.63) is 47.8 Å². The number of halogens is 1. The van der Waals surface area contributed by atoms with Gasteiger partial charge in [-0.1, -0.05) is 39.0 Å². The number of benzene rings is 1. The molecule has 1 rings (SSSR count). The number of nitrogens with one attached hydrogen (secondary N) is 1. The van der Waals surface area contributed by atoms with Gasteiger partial charge >= 0.3 is 0 Å². The summed E-state index contributed by atoms with van der Waals surface area (Å²) in [4.78, 5) is 2.16. The minimum atomic E-state index is -0.129. The SMILES string of the molecule is C=CCN(CC)Cc1cc(CNC(C)C)ccc1F. The Morgan fingerprint density at radius 3 is 2.74 bits per heavy atom. The fraction of sp³-hybridized carbons (Fsp3) is 0.500. The minimum absolute atomic E-state index is 0.129. The molecule has 0 spiro atoms. The molecule has 0 bridgehead atoms. The van der Waals surface area contributed by atoms with E-state index in [1.807, 2.05) is 18.2 Å². The molecule has 0 amide bonds. The molecule has 0 fully saturated rings. The van der Waals surface area contributed by atoms with Crippen molar-refractivity contribution in [2.45, 2.75) is 39.9 Å². The number of rotatable bonds is 8. The molecular weight excluding hydrogens is 239 g/mol. The van der Waals surface area contributed by atoms with Gasteiger partial charge in [0.15, 0.2) is 0 Å². The molecule has 0 aliphatic heterocycles. The summed E-state index contributed by atoms with van der Waals surface area (Å²) < 4.78 is 13.8. The standard InChI is InChI=1S/C16H25FN2/c1-5-9-19(6-2)12-15-10-14(7-8-16(15)17)11-18-13(3)4/h5,7-8,10,13,18H,1,6,9,11-12H2,2-4H3. The van der Waals surface area contributed by atoms with Gasteiger partial charge in [0.2, 0.25) is 0 Å². The topological polar surface area (TPSA) is 15.3 Å². The average molecular weight is 264 g/mol. The maximum Gasteiger partial charge on any atom is 0.127 e. The van der Waals surface area contributed by atoms with Crippen LogP contribution in [0.5, 0.6) is 0 Å². The van der Waals surface area contributed by atoms with Crippen molar-refractivity contribution in [2.75, 3.05) is 13.1 Å². The van der Waals surface area contributed by atoms with Gasteiger partial charge in [-0.25, -0.2) is 4.39 Å². The Morgan fingerprint density at radius 2 is 2.16 bits per heavy atom. The van der Waals surface area contributed by atoms with Crippen LogP contribution in [0, 0.1) is 5.82 Å². The van der Waals surface area contributed by atoms with E-state index in [1.165, 1.54) is 0 Å². The van der Waals surface area contributed by atoms with Crippen molar-refractivity contribution in [1.29, 1.82) is 0 Å². The summed E-state index contributed by atoms with van der Waals surface area (Å²) >= 11 is 0. The second kappa shape index (κ2) is 8.08. The monoisotopic (exact) mass is 264 g/mol. The van der Waals surface area contributed by atoms with Crippen molar-refractivity contribution in [3.63, 3.8) is 0 Å². The van der Waals surface area contributed by atoms with Crippen molar-refractivity contribution < 1.29 is 4.39 Å². The summed E-state index contributed by atoms with van der Waals surface area (Å²) in [5.41, 5.74) is 1.88. The first-order valence-corrected chi connectivity index (χ1v) is 6.90. The first-order chi connectivity index (χ1) is 9.06. The molecular formula is C16H25FN2. The minimum Gasteiger partial charge on any atom is -0.310 e. The van der Waals surface area contributed by atoms with E-state index < -0.39 is 0 Å². The summed E-state index contributed by atoms with van der Waals surface area (Å²) in [7, 11) is 0. The highest BCUT2D eigenvalue weighted by atomic mass is 19.1. The molecule has 0 atom stereocenters. The lowest BCUT2D eigenvalue weighted by atomic mass is 10.1. The highest BCUT2D eigenvalue weighted by Gasteiger charge is 2.08. The van der Waals surface area contributed by atoms with Crippen LogP contribution in [0.25, 0.3) is 0 Å². The molecule has 0 radical (unpaired) electrons. The van der Waals surface area contributed by atoms with Crippen LogP contribution in [0.15, 0.2) is 30.9 Å². The van der Waals surface area contributed by atoms with Crippen LogP contribution < -0.4 is 5.32 Å². The van der Waals surface area contributed by atoms with E-state index in [2.05, 4.69) is 37.6 Å². The molecule has 1 aromatic rings. The van der Waals surface area contributed by atoms with E-state index >= 15 is 0 Å². The van der Waals surface area contributed by atoms with E-state index in [0.717, 1.165) is 30.8 Å². The third-order valence-corrected chi connectivity index (χ3v) is 3.05. The van der Waals surface area contributed by atoms with Crippen LogP contribution in [0.2, 0.25) is 0 Å². The van der Waals surface area contributed by atoms with Crippen LogP contribution >= 0.6 is 0 Å². The van der Waals surface area contributed by atoms with Crippen molar-refractivity contribution in [2.24, 2.45) is 0 Å². The predicted molar refractivity (Wildman–Crippen MR) is 79.5 cm³/mol. The second-order valence-electron chi connectivity index (χ2n) is 5.08. The Labute approximate surface area is 116 Å². The fourth-order valence-electron chi connectivity index (χ4n) is 1.91. The molecule has 106 valence electrons. The summed E-state index contributed by atoms with van der Waals surface area (Å²) in [6.45, 7) is 13.1. The van der Waals surface area contributed by atoms with Crippen molar-refractivity contribution >= 4 is 0 Å². The Morgan fingerprint density at radius 1 is 1.42 bits per heavy atom. The van der Waals surface area contributed by atoms with Gasteiger partial charge < -0.3 is 5.32 Å². The largest absolute Gasteiger partial charge is 0.310 e. The first kappa shape index (κ1) is 15.9. The number of hydrogen-bond acceptors (Lipinski definition) is 2. The van der Waals surface area contributed by atoms with Crippen molar-refractivity contribution in [3.8, 4) is 0 Å². The normalized spacial score (nSPS) is 11.3. The quantitative estimate of drug-likeness (QED) is 0.725. The molecule has 1 N–H and O–H groups in total. The van der Waals surface area contributed by atoms with Gasteiger partial charge in [-0.2, -0.15) is 0 Å². The van der Waals surface area contributed by atoms with Crippen LogP contribution in [0.4, 0.5) is 4.39 Å². The highest BCUT2D eigenvalue weighted by molar-refractivity contribution is 5.25. The van der Waals surface area contributed by atoms with Gasteiger partial charge in [0, 0.05) is 31.2 Å². The number of hydrogen-bond donors (Lipinski definition) is 1. The van der Waals surface area contributed by atoms with Crippen molar-refractivity contribution in [1.82, 2.24) is 10.2 Å². The van der Waals surface area contributed by atoms with Gasteiger partial charge in [-0.05, 0) is 18.2 Å². The molecule has 3 heteroatoms. The number of nitrogens with zero attached hydrogens (tertiary/aromatic N) is 1. The molecule has 0 aliphatic rings. The third kappa shape index (κ3) is 5.53. The van der Waals surface area contributed by atoms with Crippen LogP contribution in [-0.4, -0.2) is 24.0 Å². The Kier molecular flexibility index (Phi) is 6.74. The summed E-state index contributed by atoms with van der Waals surface area (Å²) in [6, 6.07) is 5.80. The molecule has 0 heterocycles. The van der Waals surface area contributed by atoms with Gasteiger partial charge in [0.25, 0.3) is 0 Å². The van der Waals surface area contributed by atoms with E-state index in [0.29, 0.717) is 12.6 Å². The Hall–Kier alpha value is -1.19. The smallest absolute Gasteiger partial charge is 0.127 e. The zero-order valence-corrected chi connectivity index (χ0v) is 12.2. The van der Waals surface area contributed by atoms with E-state index in [9.17, 15) is 4.39 Å². The van der Waals surface area contributed by atoms with Crippen LogP contribution in [0.1, 0.15) is 31.9 Å². The Balaban J connectivity index is 2.75. The molecule has 0 aromatic heterocycles. The second-order valence-corrected chi connectivity index (χ2v) is 5.08. The zero-order valence-electron chi connectivity index (χ0n) is 12.2. The first-order valence-electron chi connectivity index (χ1n) is 6.90.